The highest BCUT2D eigenvalue weighted by molar-refractivity contribution is 5.95. The summed E-state index contributed by atoms with van der Waals surface area (Å²) in [6.07, 6.45) is 5.72. The molecule has 0 bridgehead atoms. The molecule has 0 radical (unpaired) electrons. The molecule has 2 fully saturated rings. The SMILES string of the molecule is O=C(c1cccc(-c2ccncc2F)c1)N1C[C@@H](O)[C@H](N2CCCCC2)C1. The molecular weight excluding hydrogens is 345 g/mol. The molecule has 5 nitrogen and oxygen atoms in total. The maximum atomic E-state index is 14.0. The van der Waals surface area contributed by atoms with E-state index in [-0.39, 0.29) is 11.9 Å². The highest BCUT2D eigenvalue weighted by Crippen LogP contribution is 2.25. The lowest BCUT2D eigenvalue weighted by atomic mass is 10.0. The second-order valence-electron chi connectivity index (χ2n) is 7.38. The van der Waals surface area contributed by atoms with Gasteiger partial charge in [0.15, 0.2) is 0 Å². The van der Waals surface area contributed by atoms with Crippen LogP contribution in [0, 0.1) is 5.82 Å². The minimum absolute atomic E-state index is 0.00933. The lowest BCUT2D eigenvalue weighted by Crippen LogP contribution is -2.46. The molecule has 1 N–H and O–H groups in total. The Bertz CT molecular complexity index is 823. The van der Waals surface area contributed by atoms with Crippen molar-refractivity contribution in [3.05, 3.63) is 54.1 Å². The van der Waals surface area contributed by atoms with Gasteiger partial charge in [-0.15, -0.1) is 0 Å². The number of β-amino-alcohol motifs (C(OH)–C–C–N with tert-alkyl or cyclic N) is 1. The summed E-state index contributed by atoms with van der Waals surface area (Å²) in [6, 6.07) is 8.61. The van der Waals surface area contributed by atoms with Crippen molar-refractivity contribution in [2.75, 3.05) is 26.2 Å². The average Bonchev–Trinajstić information content (AvgIpc) is 3.10. The average molecular weight is 369 g/mol. The molecule has 1 amide bonds. The van der Waals surface area contributed by atoms with Gasteiger partial charge in [0, 0.05) is 30.4 Å². The smallest absolute Gasteiger partial charge is 0.254 e. The molecule has 6 heteroatoms. The number of aliphatic hydroxyl groups is 1. The van der Waals surface area contributed by atoms with Crippen molar-refractivity contribution in [1.29, 1.82) is 0 Å². The predicted octanol–water partition coefficient (Wildman–Crippen LogP) is 2.56. The molecule has 27 heavy (non-hydrogen) atoms. The van der Waals surface area contributed by atoms with Gasteiger partial charge in [-0.3, -0.25) is 14.7 Å². The van der Waals surface area contributed by atoms with E-state index in [1.165, 1.54) is 18.8 Å². The van der Waals surface area contributed by atoms with Gasteiger partial charge in [-0.1, -0.05) is 18.6 Å². The van der Waals surface area contributed by atoms with Crippen LogP contribution in [-0.4, -0.2) is 64.1 Å². The summed E-state index contributed by atoms with van der Waals surface area (Å²) < 4.78 is 14.0. The lowest BCUT2D eigenvalue weighted by molar-refractivity contribution is 0.0702. The third kappa shape index (κ3) is 3.73. The molecule has 0 aliphatic carbocycles. The van der Waals surface area contributed by atoms with Crippen LogP contribution in [0.25, 0.3) is 11.1 Å². The van der Waals surface area contributed by atoms with Crippen LogP contribution in [0.5, 0.6) is 0 Å². The molecule has 1 aromatic carbocycles. The van der Waals surface area contributed by atoms with E-state index in [1.54, 1.807) is 35.2 Å². The Balaban J connectivity index is 1.52. The van der Waals surface area contributed by atoms with Gasteiger partial charge in [-0.2, -0.15) is 0 Å². The highest BCUT2D eigenvalue weighted by atomic mass is 19.1. The second kappa shape index (κ2) is 7.74. The summed E-state index contributed by atoms with van der Waals surface area (Å²) in [5, 5.41) is 10.5. The molecule has 0 spiro atoms. The van der Waals surface area contributed by atoms with Crippen molar-refractivity contribution in [2.24, 2.45) is 0 Å². The third-order valence-corrected chi connectivity index (χ3v) is 5.60. The van der Waals surface area contributed by atoms with Crippen LogP contribution >= 0.6 is 0 Å². The van der Waals surface area contributed by atoms with Crippen LogP contribution < -0.4 is 0 Å². The molecule has 0 saturated carbocycles. The van der Waals surface area contributed by atoms with E-state index in [2.05, 4.69) is 9.88 Å². The monoisotopic (exact) mass is 369 g/mol. The van der Waals surface area contributed by atoms with Gasteiger partial charge in [0.05, 0.1) is 18.3 Å². The minimum Gasteiger partial charge on any atom is -0.390 e. The Hall–Kier alpha value is -2.31. The molecule has 2 aliphatic heterocycles. The van der Waals surface area contributed by atoms with Crippen LogP contribution in [-0.2, 0) is 0 Å². The van der Waals surface area contributed by atoms with Crippen LogP contribution in [0.3, 0.4) is 0 Å². The van der Waals surface area contributed by atoms with E-state index in [1.807, 2.05) is 0 Å². The van der Waals surface area contributed by atoms with Crippen LogP contribution in [0.2, 0.25) is 0 Å². The highest BCUT2D eigenvalue weighted by Gasteiger charge is 2.38. The number of nitrogens with zero attached hydrogens (tertiary/aromatic N) is 3. The fourth-order valence-corrected chi connectivity index (χ4v) is 4.16. The molecule has 1 aromatic heterocycles. The van der Waals surface area contributed by atoms with Gasteiger partial charge >= 0.3 is 0 Å². The van der Waals surface area contributed by atoms with E-state index in [9.17, 15) is 14.3 Å². The molecule has 3 heterocycles. The lowest BCUT2D eigenvalue weighted by Gasteiger charge is -2.33. The number of rotatable bonds is 3. The van der Waals surface area contributed by atoms with Gasteiger partial charge in [-0.25, -0.2) is 4.39 Å². The Kier molecular flexibility index (Phi) is 5.18. The fourth-order valence-electron chi connectivity index (χ4n) is 4.16. The van der Waals surface area contributed by atoms with Crippen LogP contribution in [0.1, 0.15) is 29.6 Å². The summed E-state index contributed by atoms with van der Waals surface area (Å²) in [7, 11) is 0. The maximum absolute atomic E-state index is 14.0. The first-order chi connectivity index (χ1) is 13.1. The van der Waals surface area contributed by atoms with Crippen molar-refractivity contribution >= 4 is 5.91 Å². The molecule has 2 saturated heterocycles. The van der Waals surface area contributed by atoms with E-state index in [0.29, 0.717) is 29.8 Å². The maximum Gasteiger partial charge on any atom is 0.254 e. The van der Waals surface area contributed by atoms with Gasteiger partial charge in [0.1, 0.15) is 5.82 Å². The van der Waals surface area contributed by atoms with Gasteiger partial charge in [0.2, 0.25) is 0 Å². The van der Waals surface area contributed by atoms with Crippen molar-refractivity contribution in [3.8, 4) is 11.1 Å². The minimum atomic E-state index is -0.520. The normalized spacial score (nSPS) is 23.6. The first-order valence-corrected chi connectivity index (χ1v) is 9.55. The van der Waals surface area contributed by atoms with Crippen molar-refractivity contribution in [1.82, 2.24) is 14.8 Å². The summed E-state index contributed by atoms with van der Waals surface area (Å²) in [4.78, 5) is 20.8. The third-order valence-electron chi connectivity index (χ3n) is 5.60. The Morgan fingerprint density at radius 3 is 2.74 bits per heavy atom. The molecule has 4 rings (SSSR count). The Morgan fingerprint density at radius 1 is 1.15 bits per heavy atom. The van der Waals surface area contributed by atoms with E-state index >= 15 is 0 Å². The van der Waals surface area contributed by atoms with Gasteiger partial charge in [-0.05, 0) is 49.7 Å². The topological polar surface area (TPSA) is 56.7 Å². The first kappa shape index (κ1) is 18.1. The number of likely N-dealkylation sites (tertiary alicyclic amines) is 2. The zero-order valence-electron chi connectivity index (χ0n) is 15.2. The number of hydrogen-bond donors (Lipinski definition) is 1. The number of aliphatic hydroxyl groups excluding tert-OH is 1. The zero-order valence-corrected chi connectivity index (χ0v) is 15.2. The number of halogens is 1. The van der Waals surface area contributed by atoms with Crippen molar-refractivity contribution in [2.45, 2.75) is 31.4 Å². The van der Waals surface area contributed by atoms with E-state index in [0.717, 1.165) is 25.9 Å². The Labute approximate surface area is 158 Å². The molecule has 0 unspecified atom stereocenters. The second-order valence-corrected chi connectivity index (χ2v) is 7.38. The largest absolute Gasteiger partial charge is 0.390 e. The van der Waals surface area contributed by atoms with Crippen molar-refractivity contribution in [3.63, 3.8) is 0 Å². The molecule has 2 aromatic rings. The van der Waals surface area contributed by atoms with Gasteiger partial charge in [0.25, 0.3) is 5.91 Å². The summed E-state index contributed by atoms with van der Waals surface area (Å²) in [5.74, 6) is -0.534. The number of pyridine rings is 1. The van der Waals surface area contributed by atoms with Crippen molar-refractivity contribution < 1.29 is 14.3 Å². The van der Waals surface area contributed by atoms with Crippen LogP contribution in [0.15, 0.2) is 42.7 Å². The standard InChI is InChI=1S/C21H24FN3O2/c22-18-12-23-8-7-17(18)15-5-4-6-16(11-15)21(27)25-13-19(20(26)14-25)24-9-2-1-3-10-24/h4-8,11-12,19-20,26H,1-3,9-10,13-14H2/t19-,20-/m1/s1. The summed E-state index contributed by atoms with van der Waals surface area (Å²) in [6.45, 7) is 2.85. The number of aromatic nitrogens is 1. The zero-order chi connectivity index (χ0) is 18.8. The number of amides is 1. The fraction of sp³-hybridized carbons (Fsp3) is 0.429. The van der Waals surface area contributed by atoms with Gasteiger partial charge < -0.3 is 10.0 Å². The molecular formula is C21H24FN3O2. The molecule has 142 valence electrons. The first-order valence-electron chi connectivity index (χ1n) is 9.55. The number of carbonyl (C=O) groups excluding carboxylic acids is 1. The van der Waals surface area contributed by atoms with E-state index in [4.69, 9.17) is 0 Å². The Morgan fingerprint density at radius 2 is 1.96 bits per heavy atom. The molecule has 2 atom stereocenters. The summed E-state index contributed by atoms with van der Waals surface area (Å²) in [5.41, 5.74) is 1.58. The molecule has 2 aliphatic rings. The van der Waals surface area contributed by atoms with Crippen LogP contribution in [0.4, 0.5) is 4.39 Å². The summed E-state index contributed by atoms with van der Waals surface area (Å²) >= 11 is 0. The number of carbonyl (C=O) groups is 1. The van der Waals surface area contributed by atoms with E-state index < -0.39 is 11.9 Å². The quantitative estimate of drug-likeness (QED) is 0.904. The number of hydrogen-bond acceptors (Lipinski definition) is 4. The number of benzene rings is 1. The predicted molar refractivity (Wildman–Crippen MR) is 101 cm³/mol. The number of piperidine rings is 1.